The predicted octanol–water partition coefficient (Wildman–Crippen LogP) is 2.72. The molecule has 0 unspecified atom stereocenters. The van der Waals surface area contributed by atoms with E-state index < -0.39 is 5.97 Å². The van der Waals surface area contributed by atoms with Gasteiger partial charge in [-0.25, -0.2) is 4.79 Å². The first kappa shape index (κ1) is 12.1. The molecule has 0 amide bonds. The third kappa shape index (κ3) is 2.07. The van der Waals surface area contributed by atoms with E-state index in [1.54, 1.807) is 12.1 Å². The van der Waals surface area contributed by atoms with E-state index in [1.807, 2.05) is 12.1 Å². The zero-order valence-electron chi connectivity index (χ0n) is 10.4. The van der Waals surface area contributed by atoms with Crippen molar-refractivity contribution in [2.75, 3.05) is 14.1 Å². The lowest BCUT2D eigenvalue weighted by Crippen LogP contribution is -2.38. The highest BCUT2D eigenvalue weighted by Gasteiger charge is 2.37. The third-order valence-corrected chi connectivity index (χ3v) is 3.96. The molecule has 2 rings (SSSR count). The van der Waals surface area contributed by atoms with Gasteiger partial charge in [-0.05, 0) is 44.6 Å². The van der Waals surface area contributed by atoms with Crippen LogP contribution in [0.4, 0.5) is 0 Å². The Balaban J connectivity index is 2.34. The van der Waals surface area contributed by atoms with Crippen molar-refractivity contribution in [3.05, 3.63) is 35.4 Å². The van der Waals surface area contributed by atoms with Crippen LogP contribution in [0.1, 0.15) is 41.6 Å². The molecule has 0 spiro atoms. The van der Waals surface area contributed by atoms with Crippen LogP contribution in [0.15, 0.2) is 24.3 Å². The van der Waals surface area contributed by atoms with Crippen LogP contribution in [0, 0.1) is 0 Å². The second kappa shape index (κ2) is 4.49. The van der Waals surface area contributed by atoms with Gasteiger partial charge in [0.25, 0.3) is 0 Å². The van der Waals surface area contributed by atoms with Gasteiger partial charge in [-0.2, -0.15) is 0 Å². The first-order chi connectivity index (χ1) is 8.06. The standard InChI is InChI=1S/C14H19NO2/c1-15(2)14(9-3-4-10-14)12-7-5-11(6-8-12)13(16)17/h5-8H,3-4,9-10H2,1-2H3,(H,16,17). The normalized spacial score (nSPS) is 18.5. The van der Waals surface area contributed by atoms with Crippen LogP contribution < -0.4 is 0 Å². The SMILES string of the molecule is CN(C)C1(c2ccc(C(=O)O)cc2)CCCC1. The van der Waals surface area contributed by atoms with Crippen LogP contribution in [-0.4, -0.2) is 30.1 Å². The molecule has 1 aliphatic rings. The van der Waals surface area contributed by atoms with Crippen molar-refractivity contribution in [3.63, 3.8) is 0 Å². The van der Waals surface area contributed by atoms with Crippen molar-refractivity contribution in [1.82, 2.24) is 4.90 Å². The van der Waals surface area contributed by atoms with Gasteiger partial charge in [0.2, 0.25) is 0 Å². The number of carboxylic acid groups (broad SMARTS) is 1. The fraction of sp³-hybridized carbons (Fsp3) is 0.500. The molecule has 0 saturated heterocycles. The highest BCUT2D eigenvalue weighted by Crippen LogP contribution is 2.42. The maximum Gasteiger partial charge on any atom is 0.335 e. The van der Waals surface area contributed by atoms with E-state index in [4.69, 9.17) is 5.11 Å². The van der Waals surface area contributed by atoms with Crippen molar-refractivity contribution in [1.29, 1.82) is 0 Å². The monoisotopic (exact) mass is 233 g/mol. The molecule has 17 heavy (non-hydrogen) atoms. The zero-order chi connectivity index (χ0) is 12.5. The summed E-state index contributed by atoms with van der Waals surface area (Å²) in [7, 11) is 4.22. The molecular formula is C14H19NO2. The average Bonchev–Trinajstić information content (AvgIpc) is 2.79. The molecule has 1 fully saturated rings. The van der Waals surface area contributed by atoms with Gasteiger partial charge in [-0.3, -0.25) is 4.90 Å². The fourth-order valence-electron chi connectivity index (χ4n) is 2.88. The molecule has 0 aromatic heterocycles. The summed E-state index contributed by atoms with van der Waals surface area (Å²) in [5.41, 5.74) is 1.71. The number of hydrogen-bond acceptors (Lipinski definition) is 2. The van der Waals surface area contributed by atoms with Crippen molar-refractivity contribution >= 4 is 5.97 Å². The second-order valence-electron chi connectivity index (χ2n) is 5.02. The molecule has 1 aromatic carbocycles. The van der Waals surface area contributed by atoms with Crippen molar-refractivity contribution < 1.29 is 9.90 Å². The van der Waals surface area contributed by atoms with Crippen LogP contribution in [0.5, 0.6) is 0 Å². The number of carbonyl (C=O) groups is 1. The van der Waals surface area contributed by atoms with E-state index in [9.17, 15) is 4.79 Å². The Hall–Kier alpha value is -1.35. The molecule has 92 valence electrons. The lowest BCUT2D eigenvalue weighted by molar-refractivity contribution is 0.0696. The van der Waals surface area contributed by atoms with E-state index in [0.717, 1.165) is 12.8 Å². The Morgan fingerprint density at radius 1 is 1.18 bits per heavy atom. The summed E-state index contributed by atoms with van der Waals surface area (Å²) in [4.78, 5) is 13.1. The van der Waals surface area contributed by atoms with Crippen molar-refractivity contribution in [2.24, 2.45) is 0 Å². The van der Waals surface area contributed by atoms with Crippen LogP contribution in [0.25, 0.3) is 0 Å². The molecule has 0 heterocycles. The summed E-state index contributed by atoms with van der Waals surface area (Å²) in [5, 5.41) is 8.90. The van der Waals surface area contributed by atoms with E-state index >= 15 is 0 Å². The van der Waals surface area contributed by atoms with Gasteiger partial charge in [-0.15, -0.1) is 0 Å². The smallest absolute Gasteiger partial charge is 0.335 e. The second-order valence-corrected chi connectivity index (χ2v) is 5.02. The van der Waals surface area contributed by atoms with Gasteiger partial charge in [-0.1, -0.05) is 25.0 Å². The maximum absolute atomic E-state index is 10.8. The molecule has 3 nitrogen and oxygen atoms in total. The number of carboxylic acids is 1. The van der Waals surface area contributed by atoms with Gasteiger partial charge < -0.3 is 5.11 Å². The zero-order valence-corrected chi connectivity index (χ0v) is 10.4. The summed E-state index contributed by atoms with van der Waals surface area (Å²) >= 11 is 0. The van der Waals surface area contributed by atoms with Crippen molar-refractivity contribution in [3.8, 4) is 0 Å². The summed E-state index contributed by atoms with van der Waals surface area (Å²) in [5.74, 6) is -0.859. The maximum atomic E-state index is 10.8. The Morgan fingerprint density at radius 2 is 1.71 bits per heavy atom. The molecule has 0 radical (unpaired) electrons. The van der Waals surface area contributed by atoms with Gasteiger partial charge in [0, 0.05) is 5.54 Å². The number of benzene rings is 1. The average molecular weight is 233 g/mol. The molecule has 0 bridgehead atoms. The van der Waals surface area contributed by atoms with Crippen molar-refractivity contribution in [2.45, 2.75) is 31.2 Å². The van der Waals surface area contributed by atoms with E-state index in [-0.39, 0.29) is 5.54 Å². The minimum absolute atomic E-state index is 0.108. The topological polar surface area (TPSA) is 40.5 Å². The molecule has 1 aromatic rings. The first-order valence-electron chi connectivity index (χ1n) is 6.07. The van der Waals surface area contributed by atoms with Crippen LogP contribution in [-0.2, 0) is 5.54 Å². The molecule has 1 N–H and O–H groups in total. The lowest BCUT2D eigenvalue weighted by Gasteiger charge is -2.37. The lowest BCUT2D eigenvalue weighted by atomic mass is 9.86. The van der Waals surface area contributed by atoms with E-state index in [2.05, 4.69) is 19.0 Å². The molecule has 3 heteroatoms. The molecule has 0 atom stereocenters. The minimum Gasteiger partial charge on any atom is -0.478 e. The van der Waals surface area contributed by atoms with Crippen LogP contribution in [0.3, 0.4) is 0 Å². The van der Waals surface area contributed by atoms with Gasteiger partial charge >= 0.3 is 5.97 Å². The first-order valence-corrected chi connectivity index (χ1v) is 6.07. The molecule has 1 aliphatic carbocycles. The van der Waals surface area contributed by atoms with Crippen LogP contribution in [0.2, 0.25) is 0 Å². The highest BCUT2D eigenvalue weighted by molar-refractivity contribution is 5.87. The summed E-state index contributed by atoms with van der Waals surface area (Å²) < 4.78 is 0. The van der Waals surface area contributed by atoms with E-state index in [0.29, 0.717) is 5.56 Å². The largest absolute Gasteiger partial charge is 0.478 e. The third-order valence-electron chi connectivity index (χ3n) is 3.96. The molecular weight excluding hydrogens is 214 g/mol. The Bertz CT molecular complexity index is 403. The summed E-state index contributed by atoms with van der Waals surface area (Å²) in [6.45, 7) is 0. The summed E-state index contributed by atoms with van der Waals surface area (Å²) in [6, 6.07) is 7.35. The Labute approximate surface area is 102 Å². The van der Waals surface area contributed by atoms with Gasteiger partial charge in [0.1, 0.15) is 0 Å². The molecule has 1 saturated carbocycles. The van der Waals surface area contributed by atoms with Crippen LogP contribution >= 0.6 is 0 Å². The highest BCUT2D eigenvalue weighted by atomic mass is 16.4. The Kier molecular flexibility index (Phi) is 3.20. The van der Waals surface area contributed by atoms with E-state index in [1.165, 1.54) is 18.4 Å². The number of rotatable bonds is 3. The number of aromatic carboxylic acids is 1. The number of hydrogen-bond donors (Lipinski definition) is 1. The minimum atomic E-state index is -0.859. The summed E-state index contributed by atoms with van der Waals surface area (Å²) in [6.07, 6.45) is 4.82. The predicted molar refractivity (Wildman–Crippen MR) is 67.2 cm³/mol. The molecule has 0 aliphatic heterocycles. The Morgan fingerprint density at radius 3 is 2.12 bits per heavy atom. The number of nitrogens with zero attached hydrogens (tertiary/aromatic N) is 1. The fourth-order valence-corrected chi connectivity index (χ4v) is 2.88. The quantitative estimate of drug-likeness (QED) is 0.872. The van der Waals surface area contributed by atoms with Gasteiger partial charge in [0.15, 0.2) is 0 Å². The van der Waals surface area contributed by atoms with Gasteiger partial charge in [0.05, 0.1) is 5.56 Å².